The van der Waals surface area contributed by atoms with Crippen LogP contribution >= 0.6 is 0 Å². The van der Waals surface area contributed by atoms with Gasteiger partial charge in [0.2, 0.25) is 5.95 Å². The van der Waals surface area contributed by atoms with Crippen LogP contribution in [0.25, 0.3) is 11.4 Å². The van der Waals surface area contributed by atoms with Crippen LogP contribution in [0, 0.1) is 0 Å². The van der Waals surface area contributed by atoms with Crippen molar-refractivity contribution in [2.75, 3.05) is 23.3 Å². The molecule has 4 rings (SSSR count). The molecule has 0 aliphatic carbocycles. The maximum atomic E-state index is 13.2. The quantitative estimate of drug-likeness (QED) is 0.515. The highest BCUT2D eigenvalue weighted by atomic mass is 19.3. The van der Waals surface area contributed by atoms with Crippen molar-refractivity contribution in [1.29, 1.82) is 0 Å². The molecule has 0 radical (unpaired) electrons. The minimum atomic E-state index is -4.59. The molecular formula is C21H20F4N6O. The van der Waals surface area contributed by atoms with E-state index in [9.17, 15) is 17.6 Å². The van der Waals surface area contributed by atoms with Crippen molar-refractivity contribution in [2.45, 2.75) is 31.8 Å². The third kappa shape index (κ3) is 5.21. The minimum Gasteiger partial charge on any atom is -0.428 e. The van der Waals surface area contributed by atoms with Crippen molar-refractivity contribution < 1.29 is 22.3 Å². The van der Waals surface area contributed by atoms with Gasteiger partial charge in [-0.25, -0.2) is 15.0 Å². The Hall–Kier alpha value is -3.50. The molecule has 32 heavy (non-hydrogen) atoms. The second kappa shape index (κ2) is 9.33. The summed E-state index contributed by atoms with van der Waals surface area (Å²) in [6, 6.07) is 8.92. The van der Waals surface area contributed by atoms with Crippen LogP contribution in [0.1, 0.15) is 19.3 Å². The monoisotopic (exact) mass is 448 g/mol. The lowest BCUT2D eigenvalue weighted by atomic mass is 10.1. The SMILES string of the molecule is FC(F)C(F)(F)Oc1cccc(Nc2ncnc(-c3ccnc(N4CCCCC4)c3)n2)c1. The fourth-order valence-corrected chi connectivity index (χ4v) is 3.32. The molecule has 0 saturated carbocycles. The van der Waals surface area contributed by atoms with E-state index in [1.54, 1.807) is 12.3 Å². The maximum absolute atomic E-state index is 13.2. The Bertz CT molecular complexity index is 1060. The van der Waals surface area contributed by atoms with Gasteiger partial charge in [-0.15, -0.1) is 0 Å². The molecule has 168 valence electrons. The molecule has 0 bridgehead atoms. The zero-order valence-corrected chi connectivity index (χ0v) is 16.9. The van der Waals surface area contributed by atoms with Crippen molar-refractivity contribution in [1.82, 2.24) is 19.9 Å². The average molecular weight is 448 g/mol. The van der Waals surface area contributed by atoms with Crippen molar-refractivity contribution >= 4 is 17.5 Å². The zero-order chi connectivity index (χ0) is 22.6. The largest absolute Gasteiger partial charge is 0.461 e. The van der Waals surface area contributed by atoms with E-state index in [2.05, 4.69) is 34.9 Å². The first-order valence-electron chi connectivity index (χ1n) is 10.0. The van der Waals surface area contributed by atoms with E-state index in [4.69, 9.17) is 0 Å². The number of nitrogens with one attached hydrogen (secondary N) is 1. The molecule has 0 amide bonds. The highest BCUT2D eigenvalue weighted by molar-refractivity contribution is 5.62. The summed E-state index contributed by atoms with van der Waals surface area (Å²) >= 11 is 0. The number of rotatable bonds is 7. The van der Waals surface area contributed by atoms with E-state index < -0.39 is 18.3 Å². The van der Waals surface area contributed by atoms with Gasteiger partial charge < -0.3 is 15.0 Å². The summed E-state index contributed by atoms with van der Waals surface area (Å²) in [5, 5.41) is 2.85. The zero-order valence-electron chi connectivity index (χ0n) is 16.9. The number of hydrogen-bond acceptors (Lipinski definition) is 7. The molecular weight excluding hydrogens is 428 g/mol. The molecule has 0 unspecified atom stereocenters. The molecule has 3 heterocycles. The highest BCUT2D eigenvalue weighted by Gasteiger charge is 2.44. The van der Waals surface area contributed by atoms with Gasteiger partial charge in [-0.1, -0.05) is 6.07 Å². The molecule has 3 aromatic rings. The lowest BCUT2D eigenvalue weighted by Crippen LogP contribution is -2.33. The second-order valence-corrected chi connectivity index (χ2v) is 7.20. The highest BCUT2D eigenvalue weighted by Crippen LogP contribution is 2.29. The number of benzene rings is 1. The normalized spacial score (nSPS) is 14.5. The van der Waals surface area contributed by atoms with Crippen LogP contribution in [0.3, 0.4) is 0 Å². The van der Waals surface area contributed by atoms with Crippen molar-refractivity contribution in [3.63, 3.8) is 0 Å². The van der Waals surface area contributed by atoms with Gasteiger partial charge in [0.1, 0.15) is 17.9 Å². The van der Waals surface area contributed by atoms with Crippen LogP contribution in [0.5, 0.6) is 5.75 Å². The predicted octanol–water partition coefficient (Wildman–Crippen LogP) is 4.90. The van der Waals surface area contributed by atoms with E-state index in [-0.39, 0.29) is 11.6 Å². The summed E-state index contributed by atoms with van der Waals surface area (Å²) in [6.07, 6.45) is -2.07. The first kappa shape index (κ1) is 21.7. The maximum Gasteiger partial charge on any atom is 0.461 e. The summed E-state index contributed by atoms with van der Waals surface area (Å²) in [5.41, 5.74) is 1.04. The first-order valence-corrected chi connectivity index (χ1v) is 10.0. The van der Waals surface area contributed by atoms with Gasteiger partial charge in [0.05, 0.1) is 0 Å². The molecule has 2 aromatic heterocycles. The smallest absolute Gasteiger partial charge is 0.428 e. The molecule has 1 saturated heterocycles. The Kier molecular flexibility index (Phi) is 6.33. The van der Waals surface area contributed by atoms with Crippen LogP contribution in [-0.2, 0) is 0 Å². The summed E-state index contributed by atoms with van der Waals surface area (Å²) in [4.78, 5) is 19.3. The summed E-state index contributed by atoms with van der Waals surface area (Å²) in [7, 11) is 0. The summed E-state index contributed by atoms with van der Waals surface area (Å²) < 4.78 is 55.2. The average Bonchev–Trinajstić information content (AvgIpc) is 2.80. The third-order valence-corrected chi connectivity index (χ3v) is 4.85. The number of nitrogens with zero attached hydrogens (tertiary/aromatic N) is 5. The number of anilines is 3. The van der Waals surface area contributed by atoms with Crippen LogP contribution in [-0.4, -0.2) is 45.6 Å². The van der Waals surface area contributed by atoms with E-state index in [1.165, 1.54) is 24.9 Å². The van der Waals surface area contributed by atoms with Gasteiger partial charge in [0, 0.05) is 36.6 Å². The van der Waals surface area contributed by atoms with E-state index in [0.717, 1.165) is 49.4 Å². The standard InChI is InChI=1S/C21H20F4N6O/c22-19(23)21(24,25)32-16-6-4-5-15(12-16)29-20-28-13-27-18(30-20)14-7-8-26-17(11-14)31-9-2-1-3-10-31/h4-8,11-13,19H,1-3,9-10H2,(H,27,28,29,30). The van der Waals surface area contributed by atoms with Gasteiger partial charge in [0.25, 0.3) is 0 Å². The second-order valence-electron chi connectivity index (χ2n) is 7.20. The first-order chi connectivity index (χ1) is 15.4. The fourth-order valence-electron chi connectivity index (χ4n) is 3.32. The van der Waals surface area contributed by atoms with Gasteiger partial charge in [-0.3, -0.25) is 0 Å². The molecule has 0 atom stereocenters. The summed E-state index contributed by atoms with van der Waals surface area (Å²) in [5.74, 6) is 0.987. The third-order valence-electron chi connectivity index (χ3n) is 4.85. The van der Waals surface area contributed by atoms with Gasteiger partial charge in [-0.05, 0) is 43.5 Å². The van der Waals surface area contributed by atoms with E-state index in [0.29, 0.717) is 5.82 Å². The Morgan fingerprint density at radius 3 is 2.59 bits per heavy atom. The van der Waals surface area contributed by atoms with Gasteiger partial charge in [-0.2, -0.15) is 22.5 Å². The van der Waals surface area contributed by atoms with Crippen LogP contribution < -0.4 is 15.0 Å². The van der Waals surface area contributed by atoms with Crippen molar-refractivity contribution in [2.24, 2.45) is 0 Å². The number of alkyl halides is 4. The molecule has 1 aliphatic heterocycles. The van der Waals surface area contributed by atoms with Crippen molar-refractivity contribution in [3.05, 3.63) is 48.9 Å². The number of pyridine rings is 1. The number of halogens is 4. The minimum absolute atomic E-state index is 0.157. The molecule has 0 spiro atoms. The molecule has 1 aliphatic rings. The number of ether oxygens (including phenoxy) is 1. The lowest BCUT2D eigenvalue weighted by molar-refractivity contribution is -0.253. The fraction of sp³-hybridized carbons (Fsp3) is 0.333. The van der Waals surface area contributed by atoms with Gasteiger partial charge in [0.15, 0.2) is 5.82 Å². The van der Waals surface area contributed by atoms with Crippen LogP contribution in [0.4, 0.5) is 35.0 Å². The molecule has 1 aromatic carbocycles. The molecule has 1 fully saturated rings. The summed E-state index contributed by atoms with van der Waals surface area (Å²) in [6.45, 7) is 1.90. The van der Waals surface area contributed by atoms with Crippen molar-refractivity contribution in [3.8, 4) is 17.1 Å². The Balaban J connectivity index is 1.51. The topological polar surface area (TPSA) is 76.1 Å². The lowest BCUT2D eigenvalue weighted by Gasteiger charge is -2.27. The van der Waals surface area contributed by atoms with E-state index >= 15 is 0 Å². The number of piperidine rings is 1. The predicted molar refractivity (Wildman–Crippen MR) is 110 cm³/mol. The number of aromatic nitrogens is 4. The molecule has 1 N–H and O–H groups in total. The number of hydrogen-bond donors (Lipinski definition) is 1. The van der Waals surface area contributed by atoms with Crippen LogP contribution in [0.15, 0.2) is 48.9 Å². The molecule has 7 nitrogen and oxygen atoms in total. The van der Waals surface area contributed by atoms with E-state index in [1.807, 2.05) is 6.07 Å². The van der Waals surface area contributed by atoms with Crippen LogP contribution in [0.2, 0.25) is 0 Å². The Morgan fingerprint density at radius 2 is 1.81 bits per heavy atom. The Morgan fingerprint density at radius 1 is 1.00 bits per heavy atom. The Labute approximate surface area is 181 Å². The molecule has 11 heteroatoms. The van der Waals surface area contributed by atoms with Gasteiger partial charge >= 0.3 is 12.5 Å².